The third-order valence-electron chi connectivity index (χ3n) is 3.98. The molecule has 3 N–H and O–H groups in total. The van der Waals surface area contributed by atoms with Crippen LogP contribution >= 0.6 is 24.0 Å². The Balaban J connectivity index is 0.00000338. The van der Waals surface area contributed by atoms with Crippen LogP contribution in [0.3, 0.4) is 0 Å². The van der Waals surface area contributed by atoms with E-state index >= 15 is 0 Å². The number of guanidine groups is 1. The maximum absolute atomic E-state index is 5.92. The van der Waals surface area contributed by atoms with Crippen molar-refractivity contribution in [3.05, 3.63) is 24.3 Å². The van der Waals surface area contributed by atoms with Gasteiger partial charge >= 0.3 is 0 Å². The van der Waals surface area contributed by atoms with Crippen LogP contribution in [-0.2, 0) is 4.74 Å². The van der Waals surface area contributed by atoms with Crippen LogP contribution in [0.5, 0.6) is 11.5 Å². The van der Waals surface area contributed by atoms with E-state index in [0.717, 1.165) is 45.8 Å². The summed E-state index contributed by atoms with van der Waals surface area (Å²) in [5.74, 6) is 1.88. The molecule has 0 aromatic heterocycles. The summed E-state index contributed by atoms with van der Waals surface area (Å²) in [6.07, 6.45) is 0.939. The van der Waals surface area contributed by atoms with Crippen LogP contribution in [0.15, 0.2) is 29.3 Å². The lowest BCUT2D eigenvalue weighted by molar-refractivity contribution is 0.0376. The summed E-state index contributed by atoms with van der Waals surface area (Å²) < 4.78 is 16.5. The maximum Gasteiger partial charge on any atom is 0.188 e. The number of rotatable bonds is 9. The molecule has 0 amide bonds. The van der Waals surface area contributed by atoms with E-state index in [9.17, 15) is 0 Å². The van der Waals surface area contributed by atoms with E-state index in [-0.39, 0.29) is 30.1 Å². The quantitative estimate of drug-likeness (QED) is 0.244. The summed E-state index contributed by atoms with van der Waals surface area (Å²) in [6, 6.07) is 7.58. The first kappa shape index (κ1) is 22.8. The van der Waals surface area contributed by atoms with Gasteiger partial charge in [-0.1, -0.05) is 12.1 Å². The van der Waals surface area contributed by atoms with E-state index in [1.54, 1.807) is 7.11 Å². The fraction of sp³-hybridized carbons (Fsp3) is 0.611. The van der Waals surface area contributed by atoms with Crippen LogP contribution in [0.1, 0.15) is 13.3 Å². The SMILES string of the molecule is COc1ccccc1OC(C)CN=C(N)NCCCN1CCOCC1.I. The number of hydrogen-bond donors (Lipinski definition) is 2. The highest BCUT2D eigenvalue weighted by Gasteiger charge is 2.10. The number of nitrogens with two attached hydrogens (primary N) is 1. The smallest absolute Gasteiger partial charge is 0.188 e. The number of para-hydroxylation sites is 2. The lowest BCUT2D eigenvalue weighted by Gasteiger charge is -2.26. The van der Waals surface area contributed by atoms with Gasteiger partial charge in [0.2, 0.25) is 0 Å². The third-order valence-corrected chi connectivity index (χ3v) is 3.98. The van der Waals surface area contributed by atoms with E-state index in [4.69, 9.17) is 19.9 Å². The number of benzene rings is 1. The average Bonchev–Trinajstić information content (AvgIpc) is 2.65. The minimum atomic E-state index is -0.0926. The third kappa shape index (κ3) is 8.41. The van der Waals surface area contributed by atoms with Crippen molar-refractivity contribution in [3.63, 3.8) is 0 Å². The van der Waals surface area contributed by atoms with Gasteiger partial charge in [-0.05, 0) is 32.0 Å². The van der Waals surface area contributed by atoms with E-state index in [1.165, 1.54) is 0 Å². The molecule has 1 atom stereocenters. The molecule has 8 heteroatoms. The Hall–Kier alpha value is -1.26. The number of halogens is 1. The minimum Gasteiger partial charge on any atom is -0.493 e. The first-order valence-electron chi connectivity index (χ1n) is 8.82. The molecule has 0 bridgehead atoms. The Bertz CT molecular complexity index is 539. The molecule has 0 aliphatic carbocycles. The molecular weight excluding hydrogens is 447 g/mol. The molecule has 0 radical (unpaired) electrons. The lowest BCUT2D eigenvalue weighted by Crippen LogP contribution is -2.39. The number of ether oxygens (including phenoxy) is 3. The van der Waals surface area contributed by atoms with Crippen molar-refractivity contribution < 1.29 is 14.2 Å². The Kier molecular flexibility index (Phi) is 11.4. The summed E-state index contributed by atoms with van der Waals surface area (Å²) in [4.78, 5) is 6.75. The van der Waals surface area contributed by atoms with Crippen LogP contribution in [0.25, 0.3) is 0 Å². The van der Waals surface area contributed by atoms with Crippen molar-refractivity contribution in [2.75, 3.05) is 53.0 Å². The molecule has 2 rings (SSSR count). The molecule has 1 saturated heterocycles. The summed E-state index contributed by atoms with van der Waals surface area (Å²) >= 11 is 0. The second-order valence-electron chi connectivity index (χ2n) is 6.04. The van der Waals surface area contributed by atoms with Gasteiger partial charge in [0, 0.05) is 19.6 Å². The first-order valence-corrected chi connectivity index (χ1v) is 8.82. The van der Waals surface area contributed by atoms with Crippen LogP contribution in [0, 0.1) is 0 Å². The van der Waals surface area contributed by atoms with E-state index < -0.39 is 0 Å². The number of hydrogen-bond acceptors (Lipinski definition) is 5. The maximum atomic E-state index is 5.92. The number of morpholine rings is 1. The summed E-state index contributed by atoms with van der Waals surface area (Å²) in [7, 11) is 1.63. The van der Waals surface area contributed by atoms with E-state index in [2.05, 4.69) is 15.2 Å². The van der Waals surface area contributed by atoms with Gasteiger partial charge in [-0.3, -0.25) is 4.90 Å². The highest BCUT2D eigenvalue weighted by molar-refractivity contribution is 14.0. The molecule has 1 heterocycles. The summed E-state index contributed by atoms with van der Waals surface area (Å²) in [5, 5.41) is 3.15. The van der Waals surface area contributed by atoms with Crippen molar-refractivity contribution in [2.45, 2.75) is 19.4 Å². The van der Waals surface area contributed by atoms with Crippen molar-refractivity contribution >= 4 is 29.9 Å². The Morgan fingerprint density at radius 1 is 1.31 bits per heavy atom. The number of nitrogens with one attached hydrogen (secondary N) is 1. The second kappa shape index (κ2) is 13.0. The second-order valence-corrected chi connectivity index (χ2v) is 6.04. The molecule has 1 unspecified atom stereocenters. The van der Waals surface area contributed by atoms with Crippen molar-refractivity contribution in [1.82, 2.24) is 10.2 Å². The van der Waals surface area contributed by atoms with Gasteiger partial charge in [-0.2, -0.15) is 0 Å². The molecule has 26 heavy (non-hydrogen) atoms. The minimum absolute atomic E-state index is 0. The molecule has 0 spiro atoms. The standard InChI is InChI=1S/C18H30N4O3.HI/c1-15(25-17-7-4-3-6-16(17)23-2)14-21-18(19)20-8-5-9-22-10-12-24-13-11-22;/h3-4,6-7,15H,5,8-14H2,1-2H3,(H3,19,20,21);1H. The van der Waals surface area contributed by atoms with Crippen LogP contribution in [0.2, 0.25) is 0 Å². The molecule has 148 valence electrons. The molecular formula is C18H31IN4O3. The van der Waals surface area contributed by atoms with Crippen LogP contribution < -0.4 is 20.5 Å². The van der Waals surface area contributed by atoms with Gasteiger partial charge in [-0.15, -0.1) is 24.0 Å². The van der Waals surface area contributed by atoms with Gasteiger partial charge in [0.25, 0.3) is 0 Å². The highest BCUT2D eigenvalue weighted by Crippen LogP contribution is 2.26. The van der Waals surface area contributed by atoms with Gasteiger partial charge in [0.1, 0.15) is 6.10 Å². The zero-order valence-corrected chi connectivity index (χ0v) is 18.0. The lowest BCUT2D eigenvalue weighted by atomic mass is 10.3. The molecule has 1 aliphatic heterocycles. The molecule has 1 fully saturated rings. The van der Waals surface area contributed by atoms with Gasteiger partial charge in [0.15, 0.2) is 17.5 Å². The van der Waals surface area contributed by atoms with Crippen LogP contribution in [0.4, 0.5) is 0 Å². The van der Waals surface area contributed by atoms with Crippen molar-refractivity contribution in [2.24, 2.45) is 10.7 Å². The van der Waals surface area contributed by atoms with Crippen LogP contribution in [-0.4, -0.2) is 70.0 Å². The fourth-order valence-electron chi connectivity index (χ4n) is 2.60. The van der Waals surface area contributed by atoms with Gasteiger partial charge < -0.3 is 25.3 Å². The molecule has 1 aromatic rings. The summed E-state index contributed by atoms with van der Waals surface area (Å²) in [6.45, 7) is 8.01. The van der Waals surface area contributed by atoms with Crippen molar-refractivity contribution in [1.29, 1.82) is 0 Å². The largest absolute Gasteiger partial charge is 0.493 e. The Morgan fingerprint density at radius 2 is 2.00 bits per heavy atom. The van der Waals surface area contributed by atoms with E-state index in [1.807, 2.05) is 31.2 Å². The topological polar surface area (TPSA) is 81.3 Å². The fourth-order valence-corrected chi connectivity index (χ4v) is 2.60. The normalized spacial score (nSPS) is 16.5. The van der Waals surface area contributed by atoms with Gasteiger partial charge in [-0.25, -0.2) is 4.99 Å². The Labute approximate surface area is 173 Å². The molecule has 1 aromatic carbocycles. The Morgan fingerprint density at radius 3 is 2.69 bits per heavy atom. The predicted octanol–water partition coefficient (Wildman–Crippen LogP) is 1.71. The zero-order valence-electron chi connectivity index (χ0n) is 15.6. The average molecular weight is 478 g/mol. The molecule has 7 nitrogen and oxygen atoms in total. The number of methoxy groups -OCH3 is 1. The zero-order chi connectivity index (χ0) is 17.9. The highest BCUT2D eigenvalue weighted by atomic mass is 127. The molecule has 0 saturated carbocycles. The summed E-state index contributed by atoms with van der Waals surface area (Å²) in [5.41, 5.74) is 5.92. The van der Waals surface area contributed by atoms with Crippen molar-refractivity contribution in [3.8, 4) is 11.5 Å². The number of aliphatic imine (C=N–C) groups is 1. The van der Waals surface area contributed by atoms with Gasteiger partial charge in [0.05, 0.1) is 26.9 Å². The first-order chi connectivity index (χ1) is 12.2. The monoisotopic (exact) mass is 478 g/mol. The molecule has 1 aliphatic rings. The predicted molar refractivity (Wildman–Crippen MR) is 115 cm³/mol. The van der Waals surface area contributed by atoms with E-state index in [0.29, 0.717) is 24.0 Å². The number of nitrogens with zero attached hydrogens (tertiary/aromatic N) is 2.